The Morgan fingerprint density at radius 3 is 2.56 bits per heavy atom. The number of ether oxygens (including phenoxy) is 2. The van der Waals surface area contributed by atoms with Gasteiger partial charge in [-0.2, -0.15) is 0 Å². The van der Waals surface area contributed by atoms with Crippen molar-refractivity contribution >= 4 is 23.3 Å². The molecule has 0 amide bonds. The van der Waals surface area contributed by atoms with Gasteiger partial charge in [0, 0.05) is 12.2 Å². The fourth-order valence-electron chi connectivity index (χ4n) is 2.42. The standard InChI is InChI=1S/C19H22ClNO4/c1-11(2)25-18-15(20)8-13(9-17(18)24-4)10-21-16-6-5-14(19(22)23)7-12(16)3/h5-9,11,21H,10H2,1-4H3,(H,22,23). The monoisotopic (exact) mass is 363 g/mol. The van der Waals surface area contributed by atoms with Gasteiger partial charge in [0.1, 0.15) is 0 Å². The normalized spacial score (nSPS) is 10.6. The summed E-state index contributed by atoms with van der Waals surface area (Å²) in [7, 11) is 1.57. The molecule has 134 valence electrons. The van der Waals surface area contributed by atoms with Crippen LogP contribution in [0.3, 0.4) is 0 Å². The van der Waals surface area contributed by atoms with Gasteiger partial charge in [-0.05, 0) is 62.2 Å². The predicted molar refractivity (Wildman–Crippen MR) is 99.2 cm³/mol. The lowest BCUT2D eigenvalue weighted by molar-refractivity contribution is 0.0697. The molecule has 0 aliphatic rings. The van der Waals surface area contributed by atoms with Crippen molar-refractivity contribution in [2.75, 3.05) is 12.4 Å². The second-order valence-electron chi connectivity index (χ2n) is 5.96. The number of nitrogens with one attached hydrogen (secondary N) is 1. The number of hydrogen-bond acceptors (Lipinski definition) is 4. The molecule has 0 unspecified atom stereocenters. The minimum Gasteiger partial charge on any atom is -0.493 e. The zero-order valence-corrected chi connectivity index (χ0v) is 15.5. The van der Waals surface area contributed by atoms with Gasteiger partial charge in [0.2, 0.25) is 0 Å². The number of rotatable bonds is 7. The first kappa shape index (κ1) is 18.9. The number of aromatic carboxylic acids is 1. The number of carboxylic acids is 1. The topological polar surface area (TPSA) is 67.8 Å². The Balaban J connectivity index is 2.18. The quantitative estimate of drug-likeness (QED) is 0.742. The van der Waals surface area contributed by atoms with E-state index >= 15 is 0 Å². The number of benzene rings is 2. The third-order valence-electron chi connectivity index (χ3n) is 3.60. The molecular formula is C19H22ClNO4. The predicted octanol–water partition coefficient (Wildman–Crippen LogP) is 4.75. The lowest BCUT2D eigenvalue weighted by Gasteiger charge is -2.17. The molecule has 0 aromatic heterocycles. The van der Waals surface area contributed by atoms with Crippen LogP contribution in [0.25, 0.3) is 0 Å². The van der Waals surface area contributed by atoms with Gasteiger partial charge >= 0.3 is 5.97 Å². The molecule has 0 spiro atoms. The van der Waals surface area contributed by atoms with E-state index in [1.54, 1.807) is 25.3 Å². The van der Waals surface area contributed by atoms with E-state index in [0.29, 0.717) is 23.1 Å². The van der Waals surface area contributed by atoms with Crippen LogP contribution < -0.4 is 14.8 Å². The highest BCUT2D eigenvalue weighted by molar-refractivity contribution is 6.32. The number of carbonyl (C=O) groups is 1. The third kappa shape index (κ3) is 4.79. The van der Waals surface area contributed by atoms with Crippen molar-refractivity contribution in [2.45, 2.75) is 33.4 Å². The summed E-state index contributed by atoms with van der Waals surface area (Å²) < 4.78 is 11.1. The van der Waals surface area contributed by atoms with Crippen molar-refractivity contribution < 1.29 is 19.4 Å². The van der Waals surface area contributed by atoms with E-state index in [4.69, 9.17) is 26.2 Å². The minimum absolute atomic E-state index is 0.00854. The maximum atomic E-state index is 11.0. The Morgan fingerprint density at radius 2 is 2.00 bits per heavy atom. The number of aryl methyl sites for hydroxylation is 1. The van der Waals surface area contributed by atoms with Gasteiger partial charge < -0.3 is 19.9 Å². The SMILES string of the molecule is COc1cc(CNc2ccc(C(=O)O)cc2C)cc(Cl)c1OC(C)C. The van der Waals surface area contributed by atoms with Crippen LogP contribution in [0.5, 0.6) is 11.5 Å². The fraction of sp³-hybridized carbons (Fsp3) is 0.316. The highest BCUT2D eigenvalue weighted by Crippen LogP contribution is 2.37. The third-order valence-corrected chi connectivity index (χ3v) is 3.88. The Bertz CT molecular complexity index is 774. The van der Waals surface area contributed by atoms with Gasteiger partial charge in [0.25, 0.3) is 0 Å². The Morgan fingerprint density at radius 1 is 1.28 bits per heavy atom. The van der Waals surface area contributed by atoms with E-state index in [2.05, 4.69) is 5.32 Å². The minimum atomic E-state index is -0.938. The molecule has 0 aliphatic heterocycles. The molecule has 2 N–H and O–H groups in total. The summed E-state index contributed by atoms with van der Waals surface area (Å²) >= 11 is 6.33. The largest absolute Gasteiger partial charge is 0.493 e. The molecule has 0 bridgehead atoms. The van der Waals surface area contributed by atoms with Crippen molar-refractivity contribution in [2.24, 2.45) is 0 Å². The smallest absolute Gasteiger partial charge is 0.335 e. The Labute approximate surface area is 152 Å². The average Bonchev–Trinajstić information content (AvgIpc) is 2.55. The summed E-state index contributed by atoms with van der Waals surface area (Å²) in [5.41, 5.74) is 2.92. The van der Waals surface area contributed by atoms with E-state index < -0.39 is 5.97 Å². The van der Waals surface area contributed by atoms with Crippen LogP contribution in [0, 0.1) is 6.92 Å². The molecule has 2 rings (SSSR count). The maximum absolute atomic E-state index is 11.0. The van der Waals surface area contributed by atoms with Crippen molar-refractivity contribution in [3.63, 3.8) is 0 Å². The van der Waals surface area contributed by atoms with Crippen molar-refractivity contribution in [3.05, 3.63) is 52.0 Å². The lowest BCUT2D eigenvalue weighted by Crippen LogP contribution is -2.08. The Hall–Kier alpha value is -2.40. The van der Waals surface area contributed by atoms with Crippen molar-refractivity contribution in [1.82, 2.24) is 0 Å². The number of carboxylic acid groups (broad SMARTS) is 1. The molecule has 2 aromatic carbocycles. The van der Waals surface area contributed by atoms with E-state index in [0.717, 1.165) is 16.8 Å². The van der Waals surface area contributed by atoms with Gasteiger partial charge in [0.15, 0.2) is 11.5 Å². The second kappa shape index (κ2) is 8.12. The summed E-state index contributed by atoms with van der Waals surface area (Å²) in [5, 5.41) is 12.8. The maximum Gasteiger partial charge on any atom is 0.335 e. The average molecular weight is 364 g/mol. The van der Waals surface area contributed by atoms with Crippen LogP contribution in [0.15, 0.2) is 30.3 Å². The summed E-state index contributed by atoms with van der Waals surface area (Å²) in [5.74, 6) is 0.174. The lowest BCUT2D eigenvalue weighted by atomic mass is 10.1. The molecule has 0 saturated carbocycles. The first-order valence-corrected chi connectivity index (χ1v) is 8.30. The summed E-state index contributed by atoms with van der Waals surface area (Å²) in [6.07, 6.45) is -0.00854. The molecule has 0 atom stereocenters. The van der Waals surface area contributed by atoms with E-state index in [-0.39, 0.29) is 11.7 Å². The molecule has 6 heteroatoms. The van der Waals surface area contributed by atoms with Crippen LogP contribution in [0.4, 0.5) is 5.69 Å². The summed E-state index contributed by atoms with van der Waals surface area (Å²) in [6, 6.07) is 8.67. The molecule has 0 saturated heterocycles. The first-order chi connectivity index (χ1) is 11.8. The van der Waals surface area contributed by atoms with Crippen molar-refractivity contribution in [1.29, 1.82) is 0 Å². The molecule has 2 aromatic rings. The molecule has 0 radical (unpaired) electrons. The molecule has 5 nitrogen and oxygen atoms in total. The number of hydrogen-bond donors (Lipinski definition) is 2. The van der Waals surface area contributed by atoms with Gasteiger partial charge in [-0.3, -0.25) is 0 Å². The molecule has 0 fully saturated rings. The van der Waals surface area contributed by atoms with Crippen LogP contribution in [-0.2, 0) is 6.54 Å². The Kier molecular flexibility index (Phi) is 6.15. The first-order valence-electron chi connectivity index (χ1n) is 7.92. The molecule has 25 heavy (non-hydrogen) atoms. The van der Waals surface area contributed by atoms with Crippen LogP contribution in [0.1, 0.15) is 35.3 Å². The van der Waals surface area contributed by atoms with E-state index in [1.165, 1.54) is 0 Å². The summed E-state index contributed by atoms with van der Waals surface area (Å²) in [6.45, 7) is 6.23. The zero-order chi connectivity index (χ0) is 18.6. The number of anilines is 1. The van der Waals surface area contributed by atoms with Crippen LogP contribution in [0.2, 0.25) is 5.02 Å². The second-order valence-corrected chi connectivity index (χ2v) is 6.37. The van der Waals surface area contributed by atoms with Crippen molar-refractivity contribution in [3.8, 4) is 11.5 Å². The highest BCUT2D eigenvalue weighted by atomic mass is 35.5. The molecule has 0 heterocycles. The molecular weight excluding hydrogens is 342 g/mol. The van der Waals surface area contributed by atoms with E-state index in [1.807, 2.05) is 32.9 Å². The van der Waals surface area contributed by atoms with Gasteiger partial charge in [-0.15, -0.1) is 0 Å². The number of methoxy groups -OCH3 is 1. The van der Waals surface area contributed by atoms with Gasteiger partial charge in [-0.1, -0.05) is 11.6 Å². The fourth-order valence-corrected chi connectivity index (χ4v) is 2.70. The molecule has 0 aliphatic carbocycles. The van der Waals surface area contributed by atoms with Crippen LogP contribution in [-0.4, -0.2) is 24.3 Å². The van der Waals surface area contributed by atoms with Gasteiger partial charge in [0.05, 0.1) is 23.8 Å². The highest BCUT2D eigenvalue weighted by Gasteiger charge is 2.14. The zero-order valence-electron chi connectivity index (χ0n) is 14.7. The number of halogens is 1. The van der Waals surface area contributed by atoms with E-state index in [9.17, 15) is 4.79 Å². The van der Waals surface area contributed by atoms with Gasteiger partial charge in [-0.25, -0.2) is 4.79 Å². The van der Waals surface area contributed by atoms with Crippen LogP contribution >= 0.6 is 11.6 Å². The summed E-state index contributed by atoms with van der Waals surface area (Å²) in [4.78, 5) is 11.0.